The van der Waals surface area contributed by atoms with E-state index in [1.54, 1.807) is 18.6 Å². The predicted molar refractivity (Wildman–Crippen MR) is 135 cm³/mol. The summed E-state index contributed by atoms with van der Waals surface area (Å²) in [6, 6.07) is 5.94. The second-order valence-corrected chi connectivity index (χ2v) is 8.72. The SMILES string of the molecule is CCC(=O)Nc1cncc(-c2cnc3[nH]nc(-c4nc5c(N6CCCCC6)ccnc5[nH]4)c3c2)c1. The fourth-order valence-electron chi connectivity index (χ4n) is 4.56. The Morgan fingerprint density at radius 2 is 1.91 bits per heavy atom. The molecule has 3 N–H and O–H groups in total. The van der Waals surface area contributed by atoms with Gasteiger partial charge in [-0.05, 0) is 37.5 Å². The van der Waals surface area contributed by atoms with Gasteiger partial charge in [0.2, 0.25) is 5.91 Å². The van der Waals surface area contributed by atoms with Gasteiger partial charge in [-0.2, -0.15) is 5.10 Å². The molecule has 0 spiro atoms. The van der Waals surface area contributed by atoms with Crippen molar-refractivity contribution in [3.63, 3.8) is 0 Å². The lowest BCUT2D eigenvalue weighted by Gasteiger charge is -2.28. The standard InChI is InChI=1S/C25H25N9O/c1-2-20(35)29-17-10-15(12-26-14-17)16-11-18-21(32-33-23(18)28-13-16)25-30-22-19(6-7-27-24(22)31-25)34-8-4-3-5-9-34/h6-7,10-14H,2-5,8-9H2,1H3,(H,29,35)(H,27,30,31)(H,28,32,33). The Hall–Kier alpha value is -4.34. The predicted octanol–water partition coefficient (Wildman–Crippen LogP) is 4.30. The number of anilines is 2. The third kappa shape index (κ3) is 3.96. The molecule has 1 fully saturated rings. The van der Waals surface area contributed by atoms with Crippen molar-refractivity contribution in [1.29, 1.82) is 0 Å². The van der Waals surface area contributed by atoms with Gasteiger partial charge in [-0.25, -0.2) is 15.0 Å². The van der Waals surface area contributed by atoms with E-state index in [1.807, 2.05) is 31.3 Å². The summed E-state index contributed by atoms with van der Waals surface area (Å²) in [7, 11) is 0. The molecule has 0 unspecified atom stereocenters. The number of aromatic amines is 2. The molecule has 0 aliphatic carbocycles. The minimum Gasteiger partial charge on any atom is -0.370 e. The third-order valence-electron chi connectivity index (χ3n) is 6.38. The molecule has 0 aromatic carbocycles. The van der Waals surface area contributed by atoms with E-state index in [0.717, 1.165) is 46.5 Å². The van der Waals surface area contributed by atoms with Gasteiger partial charge in [0.25, 0.3) is 0 Å². The summed E-state index contributed by atoms with van der Waals surface area (Å²) in [5.74, 6) is 0.585. The molecule has 0 atom stereocenters. The summed E-state index contributed by atoms with van der Waals surface area (Å²) in [6.07, 6.45) is 11.0. The van der Waals surface area contributed by atoms with Crippen molar-refractivity contribution in [2.75, 3.05) is 23.3 Å². The second kappa shape index (κ2) is 8.79. The Balaban J connectivity index is 1.39. The zero-order valence-corrected chi connectivity index (χ0v) is 19.4. The van der Waals surface area contributed by atoms with Crippen LogP contribution in [-0.2, 0) is 4.79 Å². The normalized spacial score (nSPS) is 14.0. The maximum absolute atomic E-state index is 11.8. The van der Waals surface area contributed by atoms with Crippen LogP contribution in [0.25, 0.3) is 44.8 Å². The lowest BCUT2D eigenvalue weighted by molar-refractivity contribution is -0.115. The monoisotopic (exact) mass is 467 g/mol. The van der Waals surface area contributed by atoms with Gasteiger partial charge in [-0.3, -0.25) is 14.9 Å². The van der Waals surface area contributed by atoms with Crippen molar-refractivity contribution in [2.24, 2.45) is 0 Å². The van der Waals surface area contributed by atoms with Gasteiger partial charge in [-0.1, -0.05) is 6.92 Å². The Morgan fingerprint density at radius 1 is 1.06 bits per heavy atom. The van der Waals surface area contributed by atoms with E-state index in [9.17, 15) is 4.79 Å². The smallest absolute Gasteiger partial charge is 0.224 e. The fourth-order valence-corrected chi connectivity index (χ4v) is 4.56. The Bertz CT molecular complexity index is 1530. The molecular formula is C25H25N9O. The number of piperidine rings is 1. The van der Waals surface area contributed by atoms with Crippen LogP contribution in [0.3, 0.4) is 0 Å². The molecule has 1 aliphatic rings. The lowest BCUT2D eigenvalue weighted by atomic mass is 10.1. The second-order valence-electron chi connectivity index (χ2n) is 8.72. The number of hydrogen-bond acceptors (Lipinski definition) is 7. The number of fused-ring (bicyclic) bond motifs is 2. The van der Waals surface area contributed by atoms with E-state index in [0.29, 0.717) is 29.3 Å². The molecule has 10 heteroatoms. The topological polar surface area (TPSA) is 128 Å². The van der Waals surface area contributed by atoms with Gasteiger partial charge in [0, 0.05) is 49.2 Å². The lowest BCUT2D eigenvalue weighted by Crippen LogP contribution is -2.29. The Morgan fingerprint density at radius 3 is 2.77 bits per heavy atom. The molecule has 6 rings (SSSR count). The highest BCUT2D eigenvalue weighted by atomic mass is 16.1. The minimum absolute atomic E-state index is 0.0583. The average Bonchev–Trinajstić information content (AvgIpc) is 3.53. The first-order valence-corrected chi connectivity index (χ1v) is 11.9. The van der Waals surface area contributed by atoms with Crippen LogP contribution in [0, 0.1) is 0 Å². The van der Waals surface area contributed by atoms with Crippen molar-refractivity contribution in [2.45, 2.75) is 32.6 Å². The molecule has 5 aromatic rings. The van der Waals surface area contributed by atoms with Crippen molar-refractivity contribution in [1.82, 2.24) is 35.1 Å². The van der Waals surface area contributed by atoms with Gasteiger partial charge in [-0.15, -0.1) is 0 Å². The molecule has 0 radical (unpaired) electrons. The molecule has 0 saturated carbocycles. The van der Waals surface area contributed by atoms with Crippen LogP contribution in [0.4, 0.5) is 11.4 Å². The van der Waals surface area contributed by atoms with Gasteiger partial charge < -0.3 is 15.2 Å². The van der Waals surface area contributed by atoms with Crippen molar-refractivity contribution in [3.8, 4) is 22.6 Å². The van der Waals surface area contributed by atoms with E-state index in [-0.39, 0.29) is 5.91 Å². The van der Waals surface area contributed by atoms with Gasteiger partial charge in [0.05, 0.1) is 23.0 Å². The fraction of sp³-hybridized carbons (Fsp3) is 0.280. The van der Waals surface area contributed by atoms with Crippen LogP contribution in [0.5, 0.6) is 0 Å². The molecule has 6 heterocycles. The van der Waals surface area contributed by atoms with Crippen molar-refractivity contribution in [3.05, 3.63) is 43.0 Å². The highest BCUT2D eigenvalue weighted by Gasteiger charge is 2.19. The summed E-state index contributed by atoms with van der Waals surface area (Å²) in [5, 5.41) is 11.2. The number of carbonyl (C=O) groups excluding carboxylic acids is 1. The summed E-state index contributed by atoms with van der Waals surface area (Å²) < 4.78 is 0. The number of pyridine rings is 3. The summed E-state index contributed by atoms with van der Waals surface area (Å²) in [5.41, 5.74) is 6.41. The van der Waals surface area contributed by atoms with Crippen LogP contribution in [-0.4, -0.2) is 54.1 Å². The maximum Gasteiger partial charge on any atom is 0.224 e. The highest BCUT2D eigenvalue weighted by Crippen LogP contribution is 2.32. The third-order valence-corrected chi connectivity index (χ3v) is 6.38. The molecule has 176 valence electrons. The van der Waals surface area contributed by atoms with Crippen molar-refractivity contribution >= 4 is 39.5 Å². The Labute approximate surface area is 201 Å². The van der Waals surface area contributed by atoms with Crippen LogP contribution in [0.1, 0.15) is 32.6 Å². The zero-order valence-electron chi connectivity index (χ0n) is 19.4. The number of nitrogens with zero attached hydrogens (tertiary/aromatic N) is 6. The summed E-state index contributed by atoms with van der Waals surface area (Å²) in [6.45, 7) is 3.88. The number of H-pyrrole nitrogens is 2. The average molecular weight is 468 g/mol. The molecule has 35 heavy (non-hydrogen) atoms. The van der Waals surface area contributed by atoms with E-state index < -0.39 is 0 Å². The molecule has 0 bridgehead atoms. The number of carbonyl (C=O) groups is 1. The first-order chi connectivity index (χ1) is 17.2. The van der Waals surface area contributed by atoms with Crippen molar-refractivity contribution < 1.29 is 4.79 Å². The zero-order chi connectivity index (χ0) is 23.8. The molecule has 10 nitrogen and oxygen atoms in total. The van der Waals surface area contributed by atoms with Crippen LogP contribution in [0.15, 0.2) is 43.0 Å². The number of nitrogens with one attached hydrogen (secondary N) is 3. The molecular weight excluding hydrogens is 442 g/mol. The largest absolute Gasteiger partial charge is 0.370 e. The molecule has 5 aromatic heterocycles. The highest BCUT2D eigenvalue weighted by molar-refractivity contribution is 5.95. The first-order valence-electron chi connectivity index (χ1n) is 11.9. The quantitative estimate of drug-likeness (QED) is 0.351. The van der Waals surface area contributed by atoms with Gasteiger partial charge >= 0.3 is 0 Å². The number of aromatic nitrogens is 7. The van der Waals surface area contributed by atoms with E-state index in [2.05, 4.69) is 40.3 Å². The number of hydrogen-bond donors (Lipinski definition) is 3. The molecule has 1 amide bonds. The van der Waals surface area contributed by atoms with E-state index >= 15 is 0 Å². The van der Waals surface area contributed by atoms with Crippen LogP contribution in [0.2, 0.25) is 0 Å². The number of imidazole rings is 1. The number of amides is 1. The molecule has 1 saturated heterocycles. The summed E-state index contributed by atoms with van der Waals surface area (Å²) in [4.78, 5) is 35.8. The molecule has 1 aliphatic heterocycles. The maximum atomic E-state index is 11.8. The van der Waals surface area contributed by atoms with Crippen LogP contribution < -0.4 is 10.2 Å². The van der Waals surface area contributed by atoms with E-state index in [4.69, 9.17) is 4.98 Å². The van der Waals surface area contributed by atoms with E-state index in [1.165, 1.54) is 19.3 Å². The first kappa shape index (κ1) is 21.2. The van der Waals surface area contributed by atoms with Gasteiger partial charge in [0.15, 0.2) is 17.1 Å². The Kier molecular flexibility index (Phi) is 5.32. The number of rotatable bonds is 5. The minimum atomic E-state index is -0.0583. The van der Waals surface area contributed by atoms with Crippen LogP contribution >= 0.6 is 0 Å². The van der Waals surface area contributed by atoms with Gasteiger partial charge in [0.1, 0.15) is 11.2 Å². The summed E-state index contributed by atoms with van der Waals surface area (Å²) >= 11 is 0.